The molecule has 1 unspecified atom stereocenters. The van der Waals surface area contributed by atoms with Gasteiger partial charge in [0, 0.05) is 24.9 Å². The fourth-order valence-corrected chi connectivity index (χ4v) is 2.50. The first kappa shape index (κ1) is 14.2. The number of piperidine rings is 1. The Labute approximate surface area is 115 Å². The third-order valence-electron chi connectivity index (χ3n) is 3.31. The molecule has 1 aliphatic rings. The second-order valence-electron chi connectivity index (χ2n) is 5.22. The summed E-state index contributed by atoms with van der Waals surface area (Å²) in [5.41, 5.74) is 6.69. The van der Waals surface area contributed by atoms with Gasteiger partial charge < -0.3 is 10.5 Å². The largest absolute Gasteiger partial charge is 0.384 e. The van der Waals surface area contributed by atoms with Gasteiger partial charge in [0.1, 0.15) is 11.6 Å². The van der Waals surface area contributed by atoms with Crippen LogP contribution in [0, 0.1) is 6.92 Å². The van der Waals surface area contributed by atoms with E-state index in [2.05, 4.69) is 21.8 Å². The van der Waals surface area contributed by atoms with Crippen LogP contribution in [-0.4, -0.2) is 40.7 Å². The zero-order valence-electron chi connectivity index (χ0n) is 11.9. The Morgan fingerprint density at radius 2 is 2.32 bits per heavy atom. The summed E-state index contributed by atoms with van der Waals surface area (Å²) < 4.78 is 5.84. The van der Waals surface area contributed by atoms with Crippen molar-refractivity contribution in [2.75, 3.05) is 25.4 Å². The maximum Gasteiger partial charge on any atom is 0.144 e. The van der Waals surface area contributed by atoms with Crippen molar-refractivity contribution in [2.45, 2.75) is 45.8 Å². The Morgan fingerprint density at radius 3 is 3.05 bits per heavy atom. The van der Waals surface area contributed by atoms with Crippen molar-refractivity contribution in [3.05, 3.63) is 17.6 Å². The van der Waals surface area contributed by atoms with E-state index in [4.69, 9.17) is 10.5 Å². The molecule has 5 nitrogen and oxygen atoms in total. The van der Waals surface area contributed by atoms with E-state index in [-0.39, 0.29) is 0 Å². The number of hydrogen-bond donors (Lipinski definition) is 1. The van der Waals surface area contributed by atoms with Crippen molar-refractivity contribution in [1.29, 1.82) is 0 Å². The highest BCUT2D eigenvalue weighted by atomic mass is 16.5. The number of aromatic nitrogens is 2. The Bertz CT molecular complexity index is 390. The molecule has 0 bridgehead atoms. The number of anilines is 1. The molecule has 2 rings (SSSR count). The van der Waals surface area contributed by atoms with Crippen LogP contribution >= 0.6 is 0 Å². The fourth-order valence-electron chi connectivity index (χ4n) is 2.50. The molecule has 1 atom stereocenters. The van der Waals surface area contributed by atoms with Crippen molar-refractivity contribution < 1.29 is 4.74 Å². The number of ether oxygens (including phenoxy) is 1. The number of nitrogens with two attached hydrogens (primary N) is 1. The van der Waals surface area contributed by atoms with E-state index in [1.165, 1.54) is 6.42 Å². The average Bonchev–Trinajstić information content (AvgIpc) is 2.35. The van der Waals surface area contributed by atoms with Gasteiger partial charge in [-0.15, -0.1) is 0 Å². The summed E-state index contributed by atoms with van der Waals surface area (Å²) in [4.78, 5) is 11.1. The van der Waals surface area contributed by atoms with Gasteiger partial charge in [-0.25, -0.2) is 9.97 Å². The molecule has 0 aromatic carbocycles. The lowest BCUT2D eigenvalue weighted by atomic mass is 10.1. The molecule has 1 aromatic rings. The van der Waals surface area contributed by atoms with Crippen LogP contribution in [-0.2, 0) is 11.3 Å². The molecule has 2 heterocycles. The topological polar surface area (TPSA) is 64.3 Å². The van der Waals surface area contributed by atoms with Crippen molar-refractivity contribution in [1.82, 2.24) is 14.9 Å². The summed E-state index contributed by atoms with van der Waals surface area (Å²) >= 11 is 0. The maximum atomic E-state index is 5.84. The normalized spacial score (nSPS) is 20.6. The summed E-state index contributed by atoms with van der Waals surface area (Å²) in [6, 6.07) is 1.80. The first-order valence-corrected chi connectivity index (χ1v) is 7.11. The van der Waals surface area contributed by atoms with Gasteiger partial charge in [-0.3, -0.25) is 4.90 Å². The molecule has 106 valence electrons. The first-order chi connectivity index (χ1) is 9.17. The SMILES string of the molecule is CCCOC1CCCN(Cc2nc(C)cc(N)n2)C1. The zero-order valence-corrected chi connectivity index (χ0v) is 11.9. The van der Waals surface area contributed by atoms with Crippen LogP contribution in [0.3, 0.4) is 0 Å². The van der Waals surface area contributed by atoms with E-state index in [0.29, 0.717) is 11.9 Å². The molecule has 0 spiro atoms. The van der Waals surface area contributed by atoms with E-state index in [9.17, 15) is 0 Å². The molecule has 0 saturated carbocycles. The van der Waals surface area contributed by atoms with Crippen LogP contribution in [0.5, 0.6) is 0 Å². The van der Waals surface area contributed by atoms with Crippen molar-refractivity contribution >= 4 is 5.82 Å². The molecule has 0 aliphatic carbocycles. The van der Waals surface area contributed by atoms with Gasteiger partial charge in [-0.05, 0) is 32.7 Å². The van der Waals surface area contributed by atoms with E-state index in [1.807, 2.05) is 6.92 Å². The van der Waals surface area contributed by atoms with Crippen LogP contribution in [0.25, 0.3) is 0 Å². The van der Waals surface area contributed by atoms with Crippen molar-refractivity contribution in [3.8, 4) is 0 Å². The molecule has 5 heteroatoms. The molecule has 0 radical (unpaired) electrons. The lowest BCUT2D eigenvalue weighted by molar-refractivity contribution is -0.00284. The Kier molecular flexibility index (Phi) is 5.10. The number of nitrogens with zero attached hydrogens (tertiary/aromatic N) is 3. The van der Waals surface area contributed by atoms with Crippen molar-refractivity contribution in [2.24, 2.45) is 0 Å². The highest BCUT2D eigenvalue weighted by Gasteiger charge is 2.21. The average molecular weight is 264 g/mol. The minimum absolute atomic E-state index is 0.357. The van der Waals surface area contributed by atoms with Crippen LogP contribution in [0.1, 0.15) is 37.7 Å². The van der Waals surface area contributed by atoms with Gasteiger partial charge in [-0.2, -0.15) is 0 Å². The number of rotatable bonds is 5. The molecule has 1 aliphatic heterocycles. The number of hydrogen-bond acceptors (Lipinski definition) is 5. The van der Waals surface area contributed by atoms with Crippen LogP contribution in [0.15, 0.2) is 6.07 Å². The summed E-state index contributed by atoms with van der Waals surface area (Å²) in [7, 11) is 0. The van der Waals surface area contributed by atoms with Gasteiger partial charge in [0.05, 0.1) is 12.6 Å². The Hall–Kier alpha value is -1.20. The quantitative estimate of drug-likeness (QED) is 0.878. The predicted molar refractivity (Wildman–Crippen MR) is 75.7 cm³/mol. The van der Waals surface area contributed by atoms with Crippen LogP contribution < -0.4 is 5.73 Å². The molecule has 0 amide bonds. The standard InChI is InChI=1S/C14H24N4O/c1-3-7-19-12-5-4-6-18(9-12)10-14-16-11(2)8-13(15)17-14/h8,12H,3-7,9-10H2,1-2H3,(H2,15,16,17). The first-order valence-electron chi connectivity index (χ1n) is 7.11. The van der Waals surface area contributed by atoms with Gasteiger partial charge in [-0.1, -0.05) is 6.92 Å². The summed E-state index contributed by atoms with van der Waals surface area (Å²) in [5, 5.41) is 0. The summed E-state index contributed by atoms with van der Waals surface area (Å²) in [5.74, 6) is 1.37. The highest BCUT2D eigenvalue weighted by molar-refractivity contribution is 5.29. The van der Waals surface area contributed by atoms with E-state index < -0.39 is 0 Å². The summed E-state index contributed by atoms with van der Waals surface area (Å²) in [6.45, 7) is 7.76. The van der Waals surface area contributed by atoms with Crippen molar-refractivity contribution in [3.63, 3.8) is 0 Å². The molecule has 2 N–H and O–H groups in total. The zero-order chi connectivity index (χ0) is 13.7. The summed E-state index contributed by atoms with van der Waals surface area (Å²) in [6.07, 6.45) is 3.77. The van der Waals surface area contributed by atoms with Gasteiger partial charge in [0.15, 0.2) is 0 Å². The second kappa shape index (κ2) is 6.82. The minimum atomic E-state index is 0.357. The van der Waals surface area contributed by atoms with Crippen LogP contribution in [0.4, 0.5) is 5.82 Å². The Balaban J connectivity index is 1.91. The van der Waals surface area contributed by atoms with Crippen LogP contribution in [0.2, 0.25) is 0 Å². The number of nitrogen functional groups attached to an aromatic ring is 1. The smallest absolute Gasteiger partial charge is 0.144 e. The third-order valence-corrected chi connectivity index (χ3v) is 3.31. The lowest BCUT2D eigenvalue weighted by Gasteiger charge is -2.32. The lowest BCUT2D eigenvalue weighted by Crippen LogP contribution is -2.39. The van der Waals surface area contributed by atoms with E-state index in [1.54, 1.807) is 6.07 Å². The fraction of sp³-hybridized carbons (Fsp3) is 0.714. The molecule has 1 saturated heterocycles. The number of likely N-dealkylation sites (tertiary alicyclic amines) is 1. The highest BCUT2D eigenvalue weighted by Crippen LogP contribution is 2.15. The predicted octanol–water partition coefficient (Wildman–Crippen LogP) is 1.76. The molecule has 1 aromatic heterocycles. The van der Waals surface area contributed by atoms with E-state index in [0.717, 1.165) is 50.6 Å². The van der Waals surface area contributed by atoms with Gasteiger partial charge in [0.25, 0.3) is 0 Å². The molecular weight excluding hydrogens is 240 g/mol. The molecule has 1 fully saturated rings. The maximum absolute atomic E-state index is 5.84. The molecule has 19 heavy (non-hydrogen) atoms. The minimum Gasteiger partial charge on any atom is -0.384 e. The third kappa shape index (κ3) is 4.44. The second-order valence-corrected chi connectivity index (χ2v) is 5.22. The number of aryl methyl sites for hydroxylation is 1. The van der Waals surface area contributed by atoms with Gasteiger partial charge in [0.2, 0.25) is 0 Å². The molecular formula is C14H24N4O. The monoisotopic (exact) mass is 264 g/mol. The van der Waals surface area contributed by atoms with E-state index >= 15 is 0 Å². The van der Waals surface area contributed by atoms with Gasteiger partial charge >= 0.3 is 0 Å². The Morgan fingerprint density at radius 1 is 1.47 bits per heavy atom.